The summed E-state index contributed by atoms with van der Waals surface area (Å²) in [6.45, 7) is 2.19. The smallest absolute Gasteiger partial charge is 0.0175 e. The summed E-state index contributed by atoms with van der Waals surface area (Å²) in [5.74, 6) is 0. The Morgan fingerprint density at radius 3 is 1.33 bits per heavy atom. The molecule has 0 fully saturated rings. The predicted molar refractivity (Wildman–Crippen MR) is 97.5 cm³/mol. The Morgan fingerprint density at radius 2 is 0.952 bits per heavy atom. The van der Waals surface area contributed by atoms with Gasteiger partial charge in [0.15, 0.2) is 0 Å². The summed E-state index contributed by atoms with van der Waals surface area (Å²) < 4.78 is 2.21. The average Bonchev–Trinajstić information content (AvgIpc) is 2.50. The lowest BCUT2D eigenvalue weighted by atomic mass is 9.93. The fourth-order valence-corrected chi connectivity index (χ4v) is 3.05. The number of benzene rings is 3. The zero-order chi connectivity index (χ0) is 14.8. The second-order valence-corrected chi connectivity index (χ2v) is 6.82. The van der Waals surface area contributed by atoms with E-state index in [1.165, 1.54) is 27.8 Å². The molecular weight excluding hydrogens is 388 g/mol. The van der Waals surface area contributed by atoms with E-state index in [4.69, 9.17) is 0 Å². The minimum atomic E-state index is 1.10. The van der Waals surface area contributed by atoms with Crippen molar-refractivity contribution in [2.45, 2.75) is 6.92 Å². The van der Waals surface area contributed by atoms with Crippen molar-refractivity contribution in [3.8, 4) is 22.3 Å². The second kappa shape index (κ2) is 6.17. The van der Waals surface area contributed by atoms with E-state index >= 15 is 0 Å². The highest BCUT2D eigenvalue weighted by Gasteiger charge is 2.07. The molecule has 0 aromatic heterocycles. The van der Waals surface area contributed by atoms with E-state index in [1.54, 1.807) is 0 Å². The maximum Gasteiger partial charge on any atom is 0.0175 e. The lowest BCUT2D eigenvalue weighted by Gasteiger charge is -2.12. The van der Waals surface area contributed by atoms with E-state index in [0.29, 0.717) is 0 Å². The van der Waals surface area contributed by atoms with Gasteiger partial charge in [-0.25, -0.2) is 0 Å². The maximum atomic E-state index is 3.49. The van der Waals surface area contributed by atoms with Gasteiger partial charge in [-0.3, -0.25) is 0 Å². The van der Waals surface area contributed by atoms with Crippen LogP contribution in [0, 0.1) is 6.92 Å². The van der Waals surface area contributed by atoms with Gasteiger partial charge in [0.05, 0.1) is 0 Å². The van der Waals surface area contributed by atoms with Crippen LogP contribution in [0.3, 0.4) is 0 Å². The normalized spacial score (nSPS) is 10.6. The largest absolute Gasteiger partial charge is 0.0610 e. The summed E-state index contributed by atoms with van der Waals surface area (Å²) in [5, 5.41) is 0. The number of rotatable bonds is 2. The molecule has 0 bridgehead atoms. The summed E-state index contributed by atoms with van der Waals surface area (Å²) in [4.78, 5) is 0. The average molecular weight is 402 g/mol. The molecule has 0 amide bonds. The van der Waals surface area contributed by atoms with E-state index in [2.05, 4.69) is 106 Å². The molecule has 0 nitrogen and oxygen atoms in total. The Bertz CT molecular complexity index is 693. The van der Waals surface area contributed by atoms with Gasteiger partial charge in [0.2, 0.25) is 0 Å². The third kappa shape index (κ3) is 3.12. The zero-order valence-electron chi connectivity index (χ0n) is 11.6. The first-order chi connectivity index (χ1) is 10.1. The van der Waals surface area contributed by atoms with E-state index in [-0.39, 0.29) is 0 Å². The van der Waals surface area contributed by atoms with Crippen LogP contribution in [-0.2, 0) is 0 Å². The molecule has 0 spiro atoms. The summed E-state index contributed by atoms with van der Waals surface area (Å²) >= 11 is 6.98. The molecule has 21 heavy (non-hydrogen) atoms. The van der Waals surface area contributed by atoms with Crippen LogP contribution in [0.2, 0.25) is 0 Å². The van der Waals surface area contributed by atoms with Crippen LogP contribution in [0.15, 0.2) is 75.7 Å². The molecule has 0 saturated carbocycles. The Kier molecular flexibility index (Phi) is 4.27. The van der Waals surface area contributed by atoms with Crippen molar-refractivity contribution >= 4 is 31.9 Å². The topological polar surface area (TPSA) is 0 Å². The molecule has 0 N–H and O–H groups in total. The Hall–Kier alpha value is -1.38. The van der Waals surface area contributed by atoms with Crippen molar-refractivity contribution in [2.24, 2.45) is 0 Å². The van der Waals surface area contributed by atoms with Gasteiger partial charge in [-0.1, -0.05) is 74.3 Å². The lowest BCUT2D eigenvalue weighted by Crippen LogP contribution is -1.88. The molecule has 0 saturated heterocycles. The van der Waals surface area contributed by atoms with Gasteiger partial charge in [0.1, 0.15) is 0 Å². The molecule has 0 aliphatic heterocycles. The summed E-state index contributed by atoms with van der Waals surface area (Å²) in [5.41, 5.74) is 6.36. The molecule has 0 atom stereocenters. The SMILES string of the molecule is Cc1c(-c2ccc(Br)cc2)cccc1-c1ccc(Br)cc1. The van der Waals surface area contributed by atoms with Crippen LogP contribution in [0.25, 0.3) is 22.3 Å². The van der Waals surface area contributed by atoms with Crippen LogP contribution in [0.4, 0.5) is 0 Å². The van der Waals surface area contributed by atoms with Crippen molar-refractivity contribution in [1.82, 2.24) is 0 Å². The van der Waals surface area contributed by atoms with Gasteiger partial charge in [0.25, 0.3) is 0 Å². The highest BCUT2D eigenvalue weighted by Crippen LogP contribution is 2.32. The van der Waals surface area contributed by atoms with Crippen molar-refractivity contribution in [2.75, 3.05) is 0 Å². The van der Waals surface area contributed by atoms with Crippen LogP contribution in [-0.4, -0.2) is 0 Å². The fraction of sp³-hybridized carbons (Fsp3) is 0.0526. The maximum absolute atomic E-state index is 3.49. The van der Waals surface area contributed by atoms with Crippen LogP contribution >= 0.6 is 31.9 Å². The summed E-state index contributed by atoms with van der Waals surface area (Å²) in [7, 11) is 0. The molecule has 0 aliphatic carbocycles. The van der Waals surface area contributed by atoms with Crippen LogP contribution in [0.1, 0.15) is 5.56 Å². The first-order valence-corrected chi connectivity index (χ1v) is 8.35. The van der Waals surface area contributed by atoms with Crippen molar-refractivity contribution in [3.05, 3.63) is 81.2 Å². The molecule has 3 rings (SSSR count). The van der Waals surface area contributed by atoms with Crippen molar-refractivity contribution < 1.29 is 0 Å². The molecule has 104 valence electrons. The predicted octanol–water partition coefficient (Wildman–Crippen LogP) is 6.85. The van der Waals surface area contributed by atoms with Crippen molar-refractivity contribution in [1.29, 1.82) is 0 Å². The second-order valence-electron chi connectivity index (χ2n) is 4.99. The Labute approximate surface area is 142 Å². The first kappa shape index (κ1) is 14.6. The third-order valence-corrected chi connectivity index (χ3v) is 4.70. The van der Waals surface area contributed by atoms with E-state index < -0.39 is 0 Å². The standard InChI is InChI=1S/C19H14Br2/c1-13-18(14-5-9-16(20)10-6-14)3-2-4-19(13)15-7-11-17(21)12-8-15/h2-12H,1H3. The Morgan fingerprint density at radius 1 is 0.571 bits per heavy atom. The minimum absolute atomic E-state index is 1.10. The molecule has 0 heterocycles. The molecular formula is C19H14Br2. The van der Waals surface area contributed by atoms with Crippen LogP contribution < -0.4 is 0 Å². The van der Waals surface area contributed by atoms with Gasteiger partial charge in [0, 0.05) is 8.95 Å². The first-order valence-electron chi connectivity index (χ1n) is 6.76. The molecule has 2 heteroatoms. The summed E-state index contributed by atoms with van der Waals surface area (Å²) in [6, 6.07) is 23.4. The third-order valence-electron chi connectivity index (χ3n) is 3.64. The molecule has 0 aliphatic rings. The van der Waals surface area contributed by atoms with E-state index in [1.807, 2.05) is 0 Å². The summed E-state index contributed by atoms with van der Waals surface area (Å²) in [6.07, 6.45) is 0. The van der Waals surface area contributed by atoms with Gasteiger partial charge >= 0.3 is 0 Å². The van der Waals surface area contributed by atoms with Crippen LogP contribution in [0.5, 0.6) is 0 Å². The lowest BCUT2D eigenvalue weighted by molar-refractivity contribution is 1.44. The van der Waals surface area contributed by atoms with Gasteiger partial charge in [-0.2, -0.15) is 0 Å². The zero-order valence-corrected chi connectivity index (χ0v) is 14.8. The number of halogens is 2. The number of hydrogen-bond donors (Lipinski definition) is 0. The molecule has 0 radical (unpaired) electrons. The highest BCUT2D eigenvalue weighted by molar-refractivity contribution is 9.10. The van der Waals surface area contributed by atoms with Gasteiger partial charge in [-0.15, -0.1) is 0 Å². The Balaban J connectivity index is 2.10. The minimum Gasteiger partial charge on any atom is -0.0610 e. The quantitative estimate of drug-likeness (QED) is 0.440. The van der Waals surface area contributed by atoms with Crippen molar-refractivity contribution in [3.63, 3.8) is 0 Å². The van der Waals surface area contributed by atoms with E-state index in [9.17, 15) is 0 Å². The monoisotopic (exact) mass is 400 g/mol. The van der Waals surface area contributed by atoms with Gasteiger partial charge in [-0.05, 0) is 59.0 Å². The molecule has 3 aromatic rings. The number of hydrogen-bond acceptors (Lipinski definition) is 0. The van der Waals surface area contributed by atoms with Gasteiger partial charge < -0.3 is 0 Å². The molecule has 0 unspecified atom stereocenters. The highest BCUT2D eigenvalue weighted by atomic mass is 79.9. The molecule has 3 aromatic carbocycles. The van der Waals surface area contributed by atoms with E-state index in [0.717, 1.165) is 8.95 Å². The fourth-order valence-electron chi connectivity index (χ4n) is 2.52.